The molecule has 0 aromatic heterocycles. The van der Waals surface area contributed by atoms with Crippen molar-refractivity contribution in [3.05, 3.63) is 88.5 Å². The molecular formula is C25H23NO3. The van der Waals surface area contributed by atoms with Crippen LogP contribution in [0, 0.1) is 6.92 Å². The van der Waals surface area contributed by atoms with Gasteiger partial charge in [0.05, 0.1) is 11.3 Å². The first-order valence-electron chi connectivity index (χ1n) is 10.1. The van der Waals surface area contributed by atoms with Crippen LogP contribution < -0.4 is 9.64 Å². The van der Waals surface area contributed by atoms with Crippen LogP contribution >= 0.6 is 0 Å². The average Bonchev–Trinajstić information content (AvgIpc) is 3.02. The Balaban J connectivity index is 1.88. The second-order valence-corrected chi connectivity index (χ2v) is 7.54. The molecule has 1 spiro atoms. The van der Waals surface area contributed by atoms with Gasteiger partial charge in [-0.1, -0.05) is 42.5 Å². The lowest BCUT2D eigenvalue weighted by atomic mass is 9.77. The maximum Gasteiger partial charge on any atom is 0.342 e. The summed E-state index contributed by atoms with van der Waals surface area (Å²) in [5.74, 6) is 1.16. The van der Waals surface area contributed by atoms with E-state index in [0.29, 0.717) is 5.56 Å². The van der Waals surface area contributed by atoms with Gasteiger partial charge in [0.2, 0.25) is 0 Å². The van der Waals surface area contributed by atoms with E-state index in [1.807, 2.05) is 48.5 Å². The zero-order valence-corrected chi connectivity index (χ0v) is 16.9. The topological polar surface area (TPSA) is 38.8 Å². The molecule has 0 amide bonds. The number of esters is 1. The molecule has 0 aliphatic carbocycles. The summed E-state index contributed by atoms with van der Waals surface area (Å²) in [6.45, 7) is 7.92. The molecule has 0 fully saturated rings. The Kier molecular flexibility index (Phi) is 3.91. The molecule has 3 aromatic rings. The van der Waals surface area contributed by atoms with Crippen molar-refractivity contribution in [3.63, 3.8) is 0 Å². The van der Waals surface area contributed by atoms with Gasteiger partial charge in [-0.15, -0.1) is 0 Å². The maximum atomic E-state index is 13.3. The predicted molar refractivity (Wildman–Crippen MR) is 113 cm³/mol. The largest absolute Gasteiger partial charge is 0.456 e. The summed E-state index contributed by atoms with van der Waals surface area (Å²) in [5.41, 5.74) is 4.33. The molecule has 2 aliphatic heterocycles. The third-order valence-corrected chi connectivity index (χ3v) is 5.95. The Morgan fingerprint density at radius 2 is 1.45 bits per heavy atom. The molecule has 4 nitrogen and oxygen atoms in total. The van der Waals surface area contributed by atoms with Crippen molar-refractivity contribution in [3.8, 4) is 11.5 Å². The van der Waals surface area contributed by atoms with E-state index in [4.69, 9.17) is 9.47 Å². The predicted octanol–water partition coefficient (Wildman–Crippen LogP) is 5.41. The Labute approximate surface area is 170 Å². The SMILES string of the molecule is CCN(CC)c1cc(C)cc2c1C(=O)OC21c2ccccc2Oc2ccccc21. The summed E-state index contributed by atoms with van der Waals surface area (Å²) < 4.78 is 12.5. The highest BCUT2D eigenvalue weighted by molar-refractivity contribution is 6.02. The van der Waals surface area contributed by atoms with E-state index >= 15 is 0 Å². The van der Waals surface area contributed by atoms with E-state index in [2.05, 4.69) is 37.8 Å². The number of para-hydroxylation sites is 2. The van der Waals surface area contributed by atoms with Gasteiger partial charge in [0.1, 0.15) is 11.5 Å². The third-order valence-electron chi connectivity index (χ3n) is 5.95. The van der Waals surface area contributed by atoms with Gasteiger partial charge in [-0.05, 0) is 44.5 Å². The van der Waals surface area contributed by atoms with Crippen molar-refractivity contribution in [2.45, 2.75) is 26.4 Å². The van der Waals surface area contributed by atoms with E-state index in [-0.39, 0.29) is 5.97 Å². The molecule has 0 bridgehead atoms. The van der Waals surface area contributed by atoms with Crippen LogP contribution in [-0.2, 0) is 10.3 Å². The number of ether oxygens (including phenoxy) is 2. The van der Waals surface area contributed by atoms with E-state index < -0.39 is 5.60 Å². The zero-order chi connectivity index (χ0) is 20.2. The number of hydrogen-bond acceptors (Lipinski definition) is 4. The monoisotopic (exact) mass is 385 g/mol. The van der Waals surface area contributed by atoms with Crippen LogP contribution in [0.25, 0.3) is 0 Å². The molecule has 0 saturated heterocycles. The molecule has 0 unspecified atom stereocenters. The molecule has 29 heavy (non-hydrogen) atoms. The van der Waals surface area contributed by atoms with Gasteiger partial charge in [-0.3, -0.25) is 0 Å². The zero-order valence-electron chi connectivity index (χ0n) is 16.9. The van der Waals surface area contributed by atoms with Gasteiger partial charge >= 0.3 is 5.97 Å². The number of rotatable bonds is 3. The number of fused-ring (bicyclic) bond motifs is 6. The average molecular weight is 385 g/mol. The third kappa shape index (κ3) is 2.35. The lowest BCUT2D eigenvalue weighted by Crippen LogP contribution is -2.33. The number of hydrogen-bond donors (Lipinski definition) is 0. The smallest absolute Gasteiger partial charge is 0.342 e. The Morgan fingerprint density at radius 3 is 2.03 bits per heavy atom. The van der Waals surface area contributed by atoms with Crippen LogP contribution in [0.3, 0.4) is 0 Å². The molecule has 2 aliphatic rings. The standard InChI is InChI=1S/C25H23NO3/c1-4-26(5-2)20-15-16(3)14-19-23(20)24(27)29-25(19)17-10-6-8-12-21(17)28-22-13-9-7-11-18(22)25/h6-15H,4-5H2,1-3H3. The first-order chi connectivity index (χ1) is 14.1. The minimum absolute atomic E-state index is 0.284. The van der Waals surface area contributed by atoms with Crippen molar-refractivity contribution in [2.24, 2.45) is 0 Å². The van der Waals surface area contributed by atoms with Crippen molar-refractivity contribution in [2.75, 3.05) is 18.0 Å². The van der Waals surface area contributed by atoms with E-state index in [0.717, 1.165) is 52.5 Å². The normalized spacial score (nSPS) is 15.2. The van der Waals surface area contributed by atoms with Crippen molar-refractivity contribution in [1.29, 1.82) is 0 Å². The molecule has 0 saturated carbocycles. The van der Waals surface area contributed by atoms with Crippen LogP contribution in [0.5, 0.6) is 11.5 Å². The van der Waals surface area contributed by atoms with Crippen molar-refractivity contribution >= 4 is 11.7 Å². The number of benzene rings is 3. The van der Waals surface area contributed by atoms with Gasteiger partial charge in [0, 0.05) is 29.8 Å². The summed E-state index contributed by atoms with van der Waals surface area (Å²) >= 11 is 0. The van der Waals surface area contributed by atoms with Crippen LogP contribution in [0.15, 0.2) is 60.7 Å². The highest BCUT2D eigenvalue weighted by atomic mass is 16.6. The minimum Gasteiger partial charge on any atom is -0.456 e. The molecule has 4 heteroatoms. The number of anilines is 1. The number of carbonyl (C=O) groups is 1. The summed E-state index contributed by atoms with van der Waals surface area (Å²) in [6.07, 6.45) is 0. The van der Waals surface area contributed by atoms with Gasteiger partial charge in [-0.25, -0.2) is 4.79 Å². The van der Waals surface area contributed by atoms with Crippen LogP contribution in [-0.4, -0.2) is 19.1 Å². The van der Waals surface area contributed by atoms with Crippen LogP contribution in [0.1, 0.15) is 46.5 Å². The quantitative estimate of drug-likeness (QED) is 0.565. The Hall–Kier alpha value is -3.27. The van der Waals surface area contributed by atoms with Crippen molar-refractivity contribution in [1.82, 2.24) is 0 Å². The van der Waals surface area contributed by atoms with Gasteiger partial charge < -0.3 is 14.4 Å². The molecule has 0 N–H and O–H groups in total. The number of nitrogens with zero attached hydrogens (tertiary/aromatic N) is 1. The molecule has 0 atom stereocenters. The second kappa shape index (κ2) is 6.38. The lowest BCUT2D eigenvalue weighted by molar-refractivity contribution is 0.0224. The molecule has 0 radical (unpaired) electrons. The highest BCUT2D eigenvalue weighted by Gasteiger charge is 2.54. The summed E-state index contributed by atoms with van der Waals surface area (Å²) in [7, 11) is 0. The molecular weight excluding hydrogens is 362 g/mol. The molecule has 2 heterocycles. The minimum atomic E-state index is -0.994. The van der Waals surface area contributed by atoms with Gasteiger partial charge in [-0.2, -0.15) is 0 Å². The van der Waals surface area contributed by atoms with Gasteiger partial charge in [0.25, 0.3) is 0 Å². The summed E-state index contributed by atoms with van der Waals surface area (Å²) in [5, 5.41) is 0. The van der Waals surface area contributed by atoms with E-state index in [1.54, 1.807) is 0 Å². The molecule has 146 valence electrons. The molecule has 3 aromatic carbocycles. The molecule has 5 rings (SSSR count). The fourth-order valence-electron chi connectivity index (χ4n) is 4.67. The summed E-state index contributed by atoms with van der Waals surface area (Å²) in [6, 6.07) is 19.8. The maximum absolute atomic E-state index is 13.3. The van der Waals surface area contributed by atoms with Crippen LogP contribution in [0.2, 0.25) is 0 Å². The number of carbonyl (C=O) groups excluding carboxylic acids is 1. The van der Waals surface area contributed by atoms with Crippen LogP contribution in [0.4, 0.5) is 5.69 Å². The fraction of sp³-hybridized carbons (Fsp3) is 0.240. The lowest BCUT2D eigenvalue weighted by Gasteiger charge is -2.36. The van der Waals surface area contributed by atoms with E-state index in [1.165, 1.54) is 0 Å². The van der Waals surface area contributed by atoms with Crippen molar-refractivity contribution < 1.29 is 14.3 Å². The fourth-order valence-corrected chi connectivity index (χ4v) is 4.67. The summed E-state index contributed by atoms with van der Waals surface area (Å²) in [4.78, 5) is 15.5. The first kappa shape index (κ1) is 17.8. The first-order valence-corrected chi connectivity index (χ1v) is 10.1. The van der Waals surface area contributed by atoms with E-state index in [9.17, 15) is 4.79 Å². The van der Waals surface area contributed by atoms with Gasteiger partial charge in [0.15, 0.2) is 5.60 Å². The second-order valence-electron chi connectivity index (χ2n) is 7.54. The highest BCUT2D eigenvalue weighted by Crippen LogP contribution is 2.57. The number of aryl methyl sites for hydroxylation is 1. The Morgan fingerprint density at radius 1 is 0.862 bits per heavy atom. The Bertz CT molecular complexity index is 1090.